The first-order valence-electron chi connectivity index (χ1n) is 7.95. The highest BCUT2D eigenvalue weighted by Gasteiger charge is 2.29. The molecule has 0 aliphatic carbocycles. The van der Waals surface area contributed by atoms with Crippen LogP contribution in [-0.2, 0) is 0 Å². The number of likely N-dealkylation sites (tertiary alicyclic amines) is 1. The van der Waals surface area contributed by atoms with Gasteiger partial charge in [0.2, 0.25) is 0 Å². The standard InChI is InChI=1S/C18H17FN4O/c19-16-7-2-1-6-15(16)13-8-10-22(12-13)18(24)20-17-11-14-5-3-4-9-23(14)21-17/h1-7,9,11,13H,8,10,12H2,(H,20,21,24). The minimum atomic E-state index is -0.204. The highest BCUT2D eigenvalue weighted by atomic mass is 19.1. The topological polar surface area (TPSA) is 49.6 Å². The molecule has 0 saturated carbocycles. The number of nitrogens with zero attached hydrogens (tertiary/aromatic N) is 3. The number of carbonyl (C=O) groups is 1. The molecule has 1 aliphatic rings. The molecule has 0 bridgehead atoms. The zero-order valence-corrected chi connectivity index (χ0v) is 13.0. The quantitative estimate of drug-likeness (QED) is 0.784. The molecule has 1 fully saturated rings. The Balaban J connectivity index is 1.45. The van der Waals surface area contributed by atoms with E-state index < -0.39 is 0 Å². The summed E-state index contributed by atoms with van der Waals surface area (Å²) in [6.07, 6.45) is 2.59. The van der Waals surface area contributed by atoms with E-state index in [1.165, 1.54) is 6.07 Å². The molecule has 5 nitrogen and oxygen atoms in total. The van der Waals surface area contributed by atoms with Gasteiger partial charge in [-0.25, -0.2) is 13.7 Å². The fourth-order valence-corrected chi connectivity index (χ4v) is 3.19. The molecule has 0 spiro atoms. The van der Waals surface area contributed by atoms with Crippen molar-refractivity contribution in [2.24, 2.45) is 0 Å². The lowest BCUT2D eigenvalue weighted by Gasteiger charge is -2.16. The maximum atomic E-state index is 13.9. The number of urea groups is 1. The summed E-state index contributed by atoms with van der Waals surface area (Å²) < 4.78 is 15.6. The van der Waals surface area contributed by atoms with E-state index in [1.807, 2.05) is 36.5 Å². The molecule has 0 radical (unpaired) electrons. The zero-order valence-electron chi connectivity index (χ0n) is 13.0. The van der Waals surface area contributed by atoms with Gasteiger partial charge in [-0.05, 0) is 30.2 Å². The van der Waals surface area contributed by atoms with Crippen LogP contribution in [-0.4, -0.2) is 33.6 Å². The predicted octanol–water partition coefficient (Wildman–Crippen LogP) is 3.49. The molecular weight excluding hydrogens is 307 g/mol. The van der Waals surface area contributed by atoms with Gasteiger partial charge in [0.15, 0.2) is 5.82 Å². The number of benzene rings is 1. The van der Waals surface area contributed by atoms with Gasteiger partial charge in [-0.3, -0.25) is 5.32 Å². The molecule has 2 aromatic heterocycles. The Morgan fingerprint density at radius 3 is 2.88 bits per heavy atom. The smallest absolute Gasteiger partial charge is 0.323 e. The Kier molecular flexibility index (Phi) is 3.65. The average Bonchev–Trinajstić information content (AvgIpc) is 3.21. The molecule has 1 aliphatic heterocycles. The minimum Gasteiger partial charge on any atom is -0.324 e. The normalized spacial score (nSPS) is 17.4. The number of aromatic nitrogens is 2. The molecular formula is C18H17FN4O. The lowest BCUT2D eigenvalue weighted by molar-refractivity contribution is 0.222. The molecule has 1 unspecified atom stereocenters. The summed E-state index contributed by atoms with van der Waals surface area (Å²) >= 11 is 0. The largest absolute Gasteiger partial charge is 0.324 e. The van der Waals surface area contributed by atoms with Crippen molar-refractivity contribution in [1.82, 2.24) is 14.5 Å². The van der Waals surface area contributed by atoms with E-state index in [1.54, 1.807) is 21.5 Å². The number of rotatable bonds is 2. The predicted molar refractivity (Wildman–Crippen MR) is 89.5 cm³/mol. The molecule has 3 heterocycles. The van der Waals surface area contributed by atoms with E-state index in [9.17, 15) is 9.18 Å². The second-order valence-electron chi connectivity index (χ2n) is 5.98. The van der Waals surface area contributed by atoms with Gasteiger partial charge in [0.1, 0.15) is 5.82 Å². The van der Waals surface area contributed by atoms with E-state index in [0.29, 0.717) is 24.5 Å². The molecule has 1 saturated heterocycles. The van der Waals surface area contributed by atoms with Gasteiger partial charge in [0, 0.05) is 31.3 Å². The monoisotopic (exact) mass is 324 g/mol. The van der Waals surface area contributed by atoms with E-state index in [2.05, 4.69) is 10.4 Å². The SMILES string of the molecule is O=C(Nc1cc2ccccn2n1)N1CCC(c2ccccc2F)C1. The number of fused-ring (bicyclic) bond motifs is 1. The van der Waals surface area contributed by atoms with Gasteiger partial charge in [0.05, 0.1) is 5.52 Å². The van der Waals surface area contributed by atoms with Crippen LogP contribution in [0.2, 0.25) is 0 Å². The van der Waals surface area contributed by atoms with Crippen molar-refractivity contribution in [2.75, 3.05) is 18.4 Å². The second kappa shape index (κ2) is 5.96. The van der Waals surface area contributed by atoms with E-state index in [4.69, 9.17) is 0 Å². The first-order valence-corrected chi connectivity index (χ1v) is 7.95. The molecule has 1 aromatic carbocycles. The summed E-state index contributed by atoms with van der Waals surface area (Å²) in [5.41, 5.74) is 1.60. The molecule has 4 rings (SSSR count). The zero-order chi connectivity index (χ0) is 16.5. The van der Waals surface area contributed by atoms with Crippen LogP contribution in [0.5, 0.6) is 0 Å². The maximum absolute atomic E-state index is 13.9. The number of hydrogen-bond donors (Lipinski definition) is 1. The van der Waals surface area contributed by atoms with Crippen LogP contribution in [0.15, 0.2) is 54.7 Å². The molecule has 1 atom stereocenters. The summed E-state index contributed by atoms with van der Waals surface area (Å²) in [5.74, 6) is 0.351. The average molecular weight is 324 g/mol. The summed E-state index contributed by atoms with van der Waals surface area (Å²) in [6.45, 7) is 1.12. The van der Waals surface area contributed by atoms with E-state index in [-0.39, 0.29) is 17.8 Å². The van der Waals surface area contributed by atoms with Crippen molar-refractivity contribution >= 4 is 17.4 Å². The van der Waals surface area contributed by atoms with Gasteiger partial charge >= 0.3 is 6.03 Å². The molecule has 2 amide bonds. The van der Waals surface area contributed by atoms with Gasteiger partial charge in [-0.2, -0.15) is 0 Å². The summed E-state index contributed by atoms with van der Waals surface area (Å²) in [7, 11) is 0. The number of pyridine rings is 1. The number of hydrogen-bond acceptors (Lipinski definition) is 2. The summed E-state index contributed by atoms with van der Waals surface area (Å²) in [5, 5.41) is 7.13. The lowest BCUT2D eigenvalue weighted by atomic mass is 9.98. The van der Waals surface area contributed by atoms with Crippen LogP contribution < -0.4 is 5.32 Å². The number of amides is 2. The van der Waals surface area contributed by atoms with Crippen molar-refractivity contribution in [3.05, 3.63) is 66.1 Å². The Morgan fingerprint density at radius 1 is 1.21 bits per heavy atom. The van der Waals surface area contributed by atoms with Crippen molar-refractivity contribution in [3.63, 3.8) is 0 Å². The van der Waals surface area contributed by atoms with Gasteiger partial charge < -0.3 is 4.90 Å². The minimum absolute atomic E-state index is 0.0398. The van der Waals surface area contributed by atoms with Crippen LogP contribution in [0.1, 0.15) is 17.9 Å². The fourth-order valence-electron chi connectivity index (χ4n) is 3.19. The Bertz CT molecular complexity index is 858. The third kappa shape index (κ3) is 2.71. The number of halogens is 1. The van der Waals surface area contributed by atoms with Crippen LogP contribution in [0.25, 0.3) is 5.52 Å². The molecule has 24 heavy (non-hydrogen) atoms. The molecule has 122 valence electrons. The lowest BCUT2D eigenvalue weighted by Crippen LogP contribution is -2.33. The number of carbonyl (C=O) groups excluding carboxylic acids is 1. The van der Waals surface area contributed by atoms with E-state index in [0.717, 1.165) is 11.9 Å². The fraction of sp³-hybridized carbons (Fsp3) is 0.222. The molecule has 3 aromatic rings. The highest BCUT2D eigenvalue weighted by Crippen LogP contribution is 2.29. The Hall–Kier alpha value is -2.89. The van der Waals surface area contributed by atoms with Crippen LogP contribution in [0.3, 0.4) is 0 Å². The third-order valence-corrected chi connectivity index (χ3v) is 4.43. The Labute approximate surface area is 138 Å². The molecule has 6 heteroatoms. The van der Waals surface area contributed by atoms with Crippen molar-refractivity contribution < 1.29 is 9.18 Å². The first kappa shape index (κ1) is 14.7. The maximum Gasteiger partial charge on any atom is 0.323 e. The first-order chi connectivity index (χ1) is 11.7. The third-order valence-electron chi connectivity index (χ3n) is 4.43. The van der Waals surface area contributed by atoms with Crippen molar-refractivity contribution in [3.8, 4) is 0 Å². The van der Waals surface area contributed by atoms with Crippen molar-refractivity contribution in [2.45, 2.75) is 12.3 Å². The van der Waals surface area contributed by atoms with Gasteiger partial charge in [0.25, 0.3) is 0 Å². The summed E-state index contributed by atoms with van der Waals surface area (Å²) in [4.78, 5) is 14.1. The Morgan fingerprint density at radius 2 is 2.04 bits per heavy atom. The van der Waals surface area contributed by atoms with Gasteiger partial charge in [-0.15, -0.1) is 5.10 Å². The van der Waals surface area contributed by atoms with Crippen molar-refractivity contribution in [1.29, 1.82) is 0 Å². The van der Waals surface area contributed by atoms with Gasteiger partial charge in [-0.1, -0.05) is 24.3 Å². The van der Waals surface area contributed by atoms with E-state index >= 15 is 0 Å². The van der Waals surface area contributed by atoms with Crippen LogP contribution in [0, 0.1) is 5.82 Å². The second-order valence-corrected chi connectivity index (χ2v) is 5.98. The van der Waals surface area contributed by atoms with Crippen LogP contribution in [0.4, 0.5) is 15.0 Å². The number of anilines is 1. The highest BCUT2D eigenvalue weighted by molar-refractivity contribution is 5.89. The van der Waals surface area contributed by atoms with Crippen LogP contribution >= 0.6 is 0 Å². The molecule has 1 N–H and O–H groups in total. The summed E-state index contributed by atoms with van der Waals surface area (Å²) in [6, 6.07) is 14.1. The number of nitrogens with one attached hydrogen (secondary N) is 1.